The van der Waals surface area contributed by atoms with Crippen molar-refractivity contribution in [3.05, 3.63) is 58.9 Å². The summed E-state index contributed by atoms with van der Waals surface area (Å²) in [7, 11) is 1.52. The molecule has 0 radical (unpaired) electrons. The van der Waals surface area contributed by atoms with Crippen LogP contribution in [0.25, 0.3) is 0 Å². The fraction of sp³-hybridized carbons (Fsp3) is 0.318. The molecule has 3 heterocycles. The van der Waals surface area contributed by atoms with Crippen LogP contribution >= 0.6 is 0 Å². The lowest BCUT2D eigenvalue weighted by molar-refractivity contribution is -0.142. The van der Waals surface area contributed by atoms with E-state index in [9.17, 15) is 19.2 Å². The van der Waals surface area contributed by atoms with E-state index in [0.29, 0.717) is 37.2 Å². The number of rotatable bonds is 3. The van der Waals surface area contributed by atoms with Crippen molar-refractivity contribution in [1.82, 2.24) is 20.1 Å². The summed E-state index contributed by atoms with van der Waals surface area (Å²) in [6.07, 6.45) is 1.65. The van der Waals surface area contributed by atoms with Gasteiger partial charge < -0.3 is 20.3 Å². The van der Waals surface area contributed by atoms with Crippen molar-refractivity contribution in [3.63, 3.8) is 0 Å². The van der Waals surface area contributed by atoms with Crippen LogP contribution in [0.15, 0.2) is 36.5 Å². The summed E-state index contributed by atoms with van der Waals surface area (Å²) < 4.78 is 5.58. The van der Waals surface area contributed by atoms with Crippen molar-refractivity contribution in [1.29, 1.82) is 0 Å². The van der Waals surface area contributed by atoms with Crippen LogP contribution in [-0.2, 0) is 39.4 Å². The zero-order chi connectivity index (χ0) is 22.5. The number of carbonyl (C=O) groups is 4. The van der Waals surface area contributed by atoms with Gasteiger partial charge in [-0.1, -0.05) is 12.1 Å². The lowest BCUT2D eigenvalue weighted by Gasteiger charge is -2.21. The summed E-state index contributed by atoms with van der Waals surface area (Å²) in [5.41, 5.74) is 2.33. The topological polar surface area (TPSA) is 121 Å². The first-order valence-electron chi connectivity index (χ1n) is 10.3. The monoisotopic (exact) mass is 435 g/mol. The number of hydrogen-bond acceptors (Lipinski definition) is 6. The Morgan fingerprint density at radius 2 is 2.03 bits per heavy atom. The number of anilines is 1. The van der Waals surface area contributed by atoms with Crippen LogP contribution in [0.2, 0.25) is 0 Å². The highest BCUT2D eigenvalue weighted by Crippen LogP contribution is 2.46. The lowest BCUT2D eigenvalue weighted by atomic mass is 9.94. The molecule has 1 aliphatic carbocycles. The molecule has 5 amide bonds. The second-order valence-corrected chi connectivity index (χ2v) is 8.02. The third-order valence-corrected chi connectivity index (χ3v) is 6.18. The molecule has 10 nitrogen and oxygen atoms in total. The minimum atomic E-state index is -1.42. The highest BCUT2D eigenvalue weighted by atomic mass is 16.6. The van der Waals surface area contributed by atoms with E-state index in [0.717, 1.165) is 21.7 Å². The summed E-state index contributed by atoms with van der Waals surface area (Å²) in [6.45, 7) is 0.369. The zero-order valence-electron chi connectivity index (χ0n) is 17.4. The van der Waals surface area contributed by atoms with Crippen LogP contribution in [0.5, 0.6) is 0 Å². The van der Waals surface area contributed by atoms with E-state index in [1.54, 1.807) is 29.3 Å². The Kier molecular flexibility index (Phi) is 4.58. The SMILES string of the molecule is CNC(=O)Nc1ccc2c(c1)CC[C@@]21OC(=O)N(CC(=O)N2Cc3cccnc3C2)C1=O. The molecule has 0 saturated carbocycles. The molecule has 0 unspecified atom stereocenters. The van der Waals surface area contributed by atoms with E-state index in [-0.39, 0.29) is 18.5 Å². The maximum atomic E-state index is 13.3. The molecule has 1 aromatic heterocycles. The van der Waals surface area contributed by atoms with E-state index in [1.165, 1.54) is 7.05 Å². The number of pyridine rings is 1. The van der Waals surface area contributed by atoms with Crippen LogP contribution in [0.4, 0.5) is 15.3 Å². The molecule has 1 aromatic carbocycles. The number of fused-ring (bicyclic) bond motifs is 3. The van der Waals surface area contributed by atoms with Gasteiger partial charge in [0, 0.05) is 37.5 Å². The summed E-state index contributed by atoms with van der Waals surface area (Å²) in [6, 6.07) is 8.47. The van der Waals surface area contributed by atoms with Crippen molar-refractivity contribution < 1.29 is 23.9 Å². The van der Waals surface area contributed by atoms with Crippen LogP contribution in [0.1, 0.15) is 28.8 Å². The molecule has 1 spiro atoms. The number of aryl methyl sites for hydroxylation is 1. The number of urea groups is 1. The second-order valence-electron chi connectivity index (χ2n) is 8.02. The minimum Gasteiger partial charge on any atom is -0.427 e. The van der Waals surface area contributed by atoms with E-state index in [4.69, 9.17) is 4.74 Å². The number of nitrogens with zero attached hydrogens (tertiary/aromatic N) is 3. The molecule has 3 aliphatic rings. The van der Waals surface area contributed by atoms with Gasteiger partial charge in [-0.05, 0) is 35.7 Å². The molecule has 164 valence electrons. The zero-order valence-corrected chi connectivity index (χ0v) is 17.4. The van der Waals surface area contributed by atoms with Gasteiger partial charge in [-0.2, -0.15) is 0 Å². The summed E-state index contributed by atoms with van der Waals surface area (Å²) in [4.78, 5) is 57.0. The fourth-order valence-corrected chi connectivity index (χ4v) is 4.54. The third-order valence-electron chi connectivity index (χ3n) is 6.18. The quantitative estimate of drug-likeness (QED) is 0.754. The Balaban J connectivity index is 1.33. The number of nitrogens with one attached hydrogen (secondary N) is 2. The molecule has 0 bridgehead atoms. The Labute approximate surface area is 183 Å². The Hall–Kier alpha value is -3.95. The van der Waals surface area contributed by atoms with Gasteiger partial charge in [-0.15, -0.1) is 0 Å². The highest BCUT2D eigenvalue weighted by molar-refractivity contribution is 6.06. The fourth-order valence-electron chi connectivity index (χ4n) is 4.54. The largest absolute Gasteiger partial charge is 0.427 e. The first kappa shape index (κ1) is 20.0. The highest BCUT2D eigenvalue weighted by Gasteiger charge is 2.58. The van der Waals surface area contributed by atoms with E-state index in [1.807, 2.05) is 12.1 Å². The van der Waals surface area contributed by atoms with Crippen molar-refractivity contribution in [2.75, 3.05) is 18.9 Å². The number of hydrogen-bond donors (Lipinski definition) is 2. The molecular weight excluding hydrogens is 414 g/mol. The number of carbonyl (C=O) groups excluding carboxylic acids is 4. The average molecular weight is 435 g/mol. The standard InChI is InChI=1S/C22H21N5O5/c1-23-20(30)25-15-4-5-16-13(9-15)6-7-22(16)19(29)27(21(31)32-22)12-18(28)26-10-14-3-2-8-24-17(14)11-26/h2-5,8-9H,6-7,10-12H2,1H3,(H2,23,25,30)/t22-/m1/s1. The van der Waals surface area contributed by atoms with Gasteiger partial charge >= 0.3 is 12.1 Å². The van der Waals surface area contributed by atoms with Crippen LogP contribution in [-0.4, -0.2) is 52.3 Å². The molecule has 1 fully saturated rings. The third kappa shape index (κ3) is 3.06. The smallest absolute Gasteiger partial charge is 0.418 e. The van der Waals surface area contributed by atoms with Crippen molar-refractivity contribution >= 4 is 29.6 Å². The Morgan fingerprint density at radius 1 is 1.19 bits per heavy atom. The Bertz CT molecular complexity index is 1140. The van der Waals surface area contributed by atoms with Crippen LogP contribution in [0, 0.1) is 0 Å². The maximum absolute atomic E-state index is 13.3. The van der Waals surface area contributed by atoms with Gasteiger partial charge in [0.15, 0.2) is 0 Å². The summed E-state index contributed by atoms with van der Waals surface area (Å²) >= 11 is 0. The van der Waals surface area contributed by atoms with Gasteiger partial charge in [0.2, 0.25) is 11.5 Å². The number of aromatic nitrogens is 1. The van der Waals surface area contributed by atoms with Gasteiger partial charge in [0.05, 0.1) is 12.2 Å². The summed E-state index contributed by atoms with van der Waals surface area (Å²) in [5.74, 6) is -0.870. The molecule has 10 heteroatoms. The van der Waals surface area contributed by atoms with Crippen molar-refractivity contribution in [2.24, 2.45) is 0 Å². The van der Waals surface area contributed by atoms with E-state index < -0.39 is 17.6 Å². The van der Waals surface area contributed by atoms with E-state index >= 15 is 0 Å². The van der Waals surface area contributed by atoms with Gasteiger partial charge in [-0.25, -0.2) is 14.5 Å². The predicted molar refractivity (Wildman–Crippen MR) is 111 cm³/mol. The lowest BCUT2D eigenvalue weighted by Crippen LogP contribution is -2.43. The molecule has 2 aliphatic heterocycles. The van der Waals surface area contributed by atoms with E-state index in [2.05, 4.69) is 15.6 Å². The van der Waals surface area contributed by atoms with Crippen LogP contribution in [0.3, 0.4) is 0 Å². The molecule has 1 atom stereocenters. The maximum Gasteiger partial charge on any atom is 0.418 e. The number of benzene rings is 1. The van der Waals surface area contributed by atoms with Gasteiger partial charge in [0.25, 0.3) is 5.91 Å². The normalized spacial score (nSPS) is 20.9. The molecule has 32 heavy (non-hydrogen) atoms. The van der Waals surface area contributed by atoms with Gasteiger partial charge in [0.1, 0.15) is 6.54 Å². The van der Waals surface area contributed by atoms with Crippen molar-refractivity contribution in [2.45, 2.75) is 31.5 Å². The van der Waals surface area contributed by atoms with Crippen molar-refractivity contribution in [3.8, 4) is 0 Å². The molecule has 2 N–H and O–H groups in total. The molecular formula is C22H21N5O5. The average Bonchev–Trinajstić information content (AvgIpc) is 3.45. The predicted octanol–water partition coefficient (Wildman–Crippen LogP) is 1.50. The second kappa shape index (κ2) is 7.33. The number of amides is 5. The summed E-state index contributed by atoms with van der Waals surface area (Å²) in [5, 5.41) is 5.16. The Morgan fingerprint density at radius 3 is 2.81 bits per heavy atom. The minimum absolute atomic E-state index is 0.292. The van der Waals surface area contributed by atoms with Gasteiger partial charge in [-0.3, -0.25) is 14.6 Å². The first-order chi connectivity index (χ1) is 15.4. The molecule has 2 aromatic rings. The van der Waals surface area contributed by atoms with Crippen LogP contribution < -0.4 is 10.6 Å². The first-order valence-corrected chi connectivity index (χ1v) is 10.3. The molecule has 5 rings (SSSR count). The number of ether oxygens (including phenoxy) is 1. The molecule has 1 saturated heterocycles. The number of imide groups is 1.